The van der Waals surface area contributed by atoms with E-state index in [4.69, 9.17) is 9.52 Å². The Morgan fingerprint density at radius 1 is 1.00 bits per heavy atom. The number of hydrogen-bond acceptors (Lipinski definition) is 5. The van der Waals surface area contributed by atoms with Gasteiger partial charge in [0.25, 0.3) is 0 Å². The minimum Gasteiger partial charge on any atom is -0.441 e. The first-order valence-electron chi connectivity index (χ1n) is 9.45. The van der Waals surface area contributed by atoms with Crippen molar-refractivity contribution in [1.29, 1.82) is 0 Å². The largest absolute Gasteiger partial charge is 0.441 e. The van der Waals surface area contributed by atoms with E-state index in [1.165, 1.54) is 18.4 Å². The topological polar surface area (TPSA) is 64.6 Å². The smallest absolute Gasteiger partial charge is 0.230 e. The maximum Gasteiger partial charge on any atom is 0.230 e. The van der Waals surface area contributed by atoms with Gasteiger partial charge in [-0.15, -0.1) is 11.3 Å². The number of halogens is 1. The quantitative estimate of drug-likeness (QED) is 0.344. The van der Waals surface area contributed by atoms with E-state index in [9.17, 15) is 12.8 Å². The molecule has 0 atom stereocenters. The van der Waals surface area contributed by atoms with Crippen LogP contribution >= 0.6 is 11.3 Å². The summed E-state index contributed by atoms with van der Waals surface area (Å²) in [6.45, 7) is 1.89. The molecule has 0 bridgehead atoms. The molecule has 0 spiro atoms. The highest BCUT2D eigenvalue weighted by atomic mass is 32.2. The maximum absolute atomic E-state index is 13.6. The highest BCUT2D eigenvalue weighted by Crippen LogP contribution is 2.40. The van der Waals surface area contributed by atoms with Gasteiger partial charge >= 0.3 is 0 Å². The van der Waals surface area contributed by atoms with E-state index in [2.05, 4.69) is 0 Å². The van der Waals surface area contributed by atoms with E-state index in [0.29, 0.717) is 11.4 Å². The summed E-state index contributed by atoms with van der Waals surface area (Å²) < 4.78 is 45.2. The Kier molecular flexibility index (Phi) is 4.56. The second kappa shape index (κ2) is 7.18. The summed E-state index contributed by atoms with van der Waals surface area (Å²) in [5, 5.41) is 6.83. The summed E-state index contributed by atoms with van der Waals surface area (Å²) in [4.78, 5) is 1.25. The number of nitrogens with zero attached hydrogens (tertiary/aromatic N) is 2. The minimum absolute atomic E-state index is 0.234. The normalized spacial score (nSPS) is 12.0. The lowest BCUT2D eigenvalue weighted by atomic mass is 10.0. The number of oxazole rings is 1. The Morgan fingerprint density at radius 3 is 2.29 bits per heavy atom. The number of aromatic nitrogens is 2. The molecule has 0 unspecified atom stereocenters. The first-order valence-corrected chi connectivity index (χ1v) is 12.2. The van der Waals surface area contributed by atoms with E-state index in [1.807, 2.05) is 24.4 Å². The van der Waals surface area contributed by atoms with Crippen LogP contribution in [0.25, 0.3) is 38.7 Å². The average molecular weight is 453 g/mol. The third-order valence-corrected chi connectivity index (χ3v) is 7.09. The Labute approximate surface area is 182 Å². The number of rotatable bonds is 4. The van der Waals surface area contributed by atoms with Crippen LogP contribution in [0.2, 0.25) is 0 Å². The molecule has 0 radical (unpaired) electrons. The standard InChI is InChI=1S/C23H17FN2O3S2/c1-14-22(19-4-3-13-30-19)26-23(29-14)20(15-5-9-17(24)10-6-15)21(25-26)16-7-11-18(12-8-16)31(2,27)28/h3-13H,1-2H3. The van der Waals surface area contributed by atoms with Crippen LogP contribution < -0.4 is 0 Å². The van der Waals surface area contributed by atoms with Crippen molar-refractivity contribution in [3.63, 3.8) is 0 Å². The van der Waals surface area contributed by atoms with Crippen molar-refractivity contribution < 1.29 is 17.2 Å². The Balaban J connectivity index is 1.79. The summed E-state index contributed by atoms with van der Waals surface area (Å²) >= 11 is 1.59. The van der Waals surface area contributed by atoms with E-state index < -0.39 is 9.84 Å². The lowest BCUT2D eigenvalue weighted by Crippen LogP contribution is -1.96. The number of thiophene rings is 1. The van der Waals surface area contributed by atoms with Crippen LogP contribution in [0.3, 0.4) is 0 Å². The van der Waals surface area contributed by atoms with Crippen molar-refractivity contribution in [3.8, 4) is 33.0 Å². The number of aryl methyl sites for hydroxylation is 1. The molecule has 0 fully saturated rings. The zero-order valence-electron chi connectivity index (χ0n) is 16.7. The lowest BCUT2D eigenvalue weighted by molar-refractivity contribution is 0.574. The molecule has 5 rings (SSSR count). The van der Waals surface area contributed by atoms with Gasteiger partial charge in [-0.25, -0.2) is 12.8 Å². The molecule has 31 heavy (non-hydrogen) atoms. The summed E-state index contributed by atoms with van der Waals surface area (Å²) in [5.41, 5.74) is 4.24. The van der Waals surface area contributed by atoms with E-state index in [1.54, 1.807) is 52.3 Å². The second-order valence-electron chi connectivity index (χ2n) is 7.23. The molecular formula is C23H17FN2O3S2. The van der Waals surface area contributed by atoms with Crippen LogP contribution in [0.1, 0.15) is 5.76 Å². The third-order valence-electron chi connectivity index (χ3n) is 5.08. The van der Waals surface area contributed by atoms with Crippen LogP contribution in [0, 0.1) is 12.7 Å². The van der Waals surface area contributed by atoms with Gasteiger partial charge in [-0.3, -0.25) is 0 Å². The molecule has 2 aromatic carbocycles. The molecule has 5 nitrogen and oxygen atoms in total. The summed E-state index contributed by atoms with van der Waals surface area (Å²) in [7, 11) is -3.31. The van der Waals surface area contributed by atoms with Gasteiger partial charge in [-0.05, 0) is 48.2 Å². The Hall–Kier alpha value is -3.23. The number of sulfone groups is 1. The number of benzene rings is 2. The predicted octanol–water partition coefficient (Wildman–Crippen LogP) is 5.84. The maximum atomic E-state index is 13.6. The number of fused-ring (bicyclic) bond motifs is 1. The third kappa shape index (κ3) is 3.37. The zero-order valence-corrected chi connectivity index (χ0v) is 18.3. The van der Waals surface area contributed by atoms with Gasteiger partial charge in [0.05, 0.1) is 15.3 Å². The molecular weight excluding hydrogens is 435 g/mol. The van der Waals surface area contributed by atoms with Gasteiger partial charge in [0.1, 0.15) is 23.0 Å². The molecule has 3 aromatic heterocycles. The molecule has 0 amide bonds. The molecule has 8 heteroatoms. The highest BCUT2D eigenvalue weighted by Gasteiger charge is 2.24. The molecule has 0 N–H and O–H groups in total. The van der Waals surface area contributed by atoms with E-state index in [-0.39, 0.29) is 10.7 Å². The van der Waals surface area contributed by atoms with Gasteiger partial charge in [0.2, 0.25) is 5.71 Å². The monoisotopic (exact) mass is 452 g/mol. The van der Waals surface area contributed by atoms with E-state index in [0.717, 1.165) is 33.0 Å². The molecule has 0 saturated carbocycles. The molecule has 5 aromatic rings. The van der Waals surface area contributed by atoms with Gasteiger partial charge < -0.3 is 4.42 Å². The molecule has 0 saturated heterocycles. The van der Waals surface area contributed by atoms with Crippen LogP contribution in [0.4, 0.5) is 4.39 Å². The Bertz CT molecular complexity index is 1500. The summed E-state index contributed by atoms with van der Waals surface area (Å²) in [5.74, 6) is 0.397. The van der Waals surface area contributed by atoms with Crippen LogP contribution in [-0.2, 0) is 9.84 Å². The zero-order chi connectivity index (χ0) is 21.8. The minimum atomic E-state index is -3.31. The van der Waals surface area contributed by atoms with E-state index >= 15 is 0 Å². The van der Waals surface area contributed by atoms with Crippen molar-refractivity contribution in [2.24, 2.45) is 0 Å². The van der Waals surface area contributed by atoms with Crippen molar-refractivity contribution in [1.82, 2.24) is 9.61 Å². The molecule has 0 aliphatic rings. The van der Waals surface area contributed by atoms with Crippen LogP contribution in [0.5, 0.6) is 0 Å². The fourth-order valence-corrected chi connectivity index (χ4v) is 5.05. The van der Waals surface area contributed by atoms with Crippen molar-refractivity contribution in [2.75, 3.05) is 6.26 Å². The average Bonchev–Trinajstić information content (AvgIpc) is 3.44. The highest BCUT2D eigenvalue weighted by molar-refractivity contribution is 7.90. The van der Waals surface area contributed by atoms with Crippen LogP contribution in [-0.4, -0.2) is 24.3 Å². The summed E-state index contributed by atoms with van der Waals surface area (Å²) in [6, 6.07) is 16.7. The molecule has 0 aliphatic carbocycles. The fraction of sp³-hybridized carbons (Fsp3) is 0.0870. The molecule has 3 heterocycles. The van der Waals surface area contributed by atoms with Crippen molar-refractivity contribution >= 4 is 26.9 Å². The lowest BCUT2D eigenvalue weighted by Gasteiger charge is -2.05. The van der Waals surface area contributed by atoms with Gasteiger partial charge in [0, 0.05) is 11.8 Å². The first-order chi connectivity index (χ1) is 14.8. The first kappa shape index (κ1) is 19.7. The molecule has 156 valence electrons. The van der Waals surface area contributed by atoms with Gasteiger partial charge in [-0.1, -0.05) is 30.3 Å². The number of hydrogen-bond donors (Lipinski definition) is 0. The van der Waals surface area contributed by atoms with Crippen LogP contribution in [0.15, 0.2) is 75.4 Å². The van der Waals surface area contributed by atoms with Gasteiger partial charge in [0.15, 0.2) is 9.84 Å². The van der Waals surface area contributed by atoms with Crippen molar-refractivity contribution in [2.45, 2.75) is 11.8 Å². The SMILES string of the molecule is Cc1oc2c(-c3ccc(F)cc3)c(-c3ccc(S(C)(=O)=O)cc3)nn2c1-c1cccs1. The molecule has 0 aliphatic heterocycles. The second-order valence-corrected chi connectivity index (χ2v) is 10.2. The fourth-order valence-electron chi connectivity index (χ4n) is 3.62. The predicted molar refractivity (Wildman–Crippen MR) is 119 cm³/mol. The Morgan fingerprint density at radius 2 is 1.68 bits per heavy atom. The van der Waals surface area contributed by atoms with Gasteiger partial charge in [-0.2, -0.15) is 9.61 Å². The summed E-state index contributed by atoms with van der Waals surface area (Å²) in [6.07, 6.45) is 1.17. The van der Waals surface area contributed by atoms with Crippen molar-refractivity contribution in [3.05, 3.63) is 77.6 Å².